The number of hydrogen-bond donors (Lipinski definition) is 1. The second-order valence-corrected chi connectivity index (χ2v) is 5.81. The van der Waals surface area contributed by atoms with Gasteiger partial charge < -0.3 is 5.11 Å². The summed E-state index contributed by atoms with van der Waals surface area (Å²) in [4.78, 5) is 23.0. The van der Waals surface area contributed by atoms with Gasteiger partial charge in [-0.1, -0.05) is 35.8 Å². The number of benzene rings is 2. The van der Waals surface area contributed by atoms with E-state index in [1.165, 1.54) is 11.5 Å². The van der Waals surface area contributed by atoms with Crippen molar-refractivity contribution in [2.45, 2.75) is 13.0 Å². The van der Waals surface area contributed by atoms with Crippen LogP contribution < -0.4 is 5.56 Å². The normalized spacial score (nSPS) is 10.9. The Hall–Kier alpha value is -2.40. The average Bonchev–Trinajstić information content (AvgIpc) is 2.82. The molecule has 0 radical (unpaired) electrons. The predicted octanol–water partition coefficient (Wildman–Crippen LogP) is 3.00. The Balaban J connectivity index is 1.78. The minimum absolute atomic E-state index is 0.0396. The summed E-state index contributed by atoms with van der Waals surface area (Å²) in [6.45, 7) is 0.602. The van der Waals surface area contributed by atoms with Gasteiger partial charge in [-0.05, 0) is 36.2 Å². The highest BCUT2D eigenvalue weighted by Gasteiger charge is 2.07. The van der Waals surface area contributed by atoms with Crippen LogP contribution in [0.1, 0.15) is 15.9 Å². The van der Waals surface area contributed by atoms with Gasteiger partial charge in [0.25, 0.3) is 5.56 Å². The minimum atomic E-state index is -0.928. The summed E-state index contributed by atoms with van der Waals surface area (Å²) in [6, 6.07) is 14.3. The zero-order valence-corrected chi connectivity index (χ0v) is 12.0. The van der Waals surface area contributed by atoms with Crippen LogP contribution in [0.15, 0.2) is 53.3 Å². The van der Waals surface area contributed by atoms with Crippen LogP contribution in [-0.2, 0) is 13.0 Å². The number of nitrogens with zero attached hydrogens (tertiary/aromatic N) is 1. The lowest BCUT2D eigenvalue weighted by molar-refractivity contribution is 0.0697. The maximum Gasteiger partial charge on any atom is 0.335 e. The predicted molar refractivity (Wildman–Crippen MR) is 83.2 cm³/mol. The Morgan fingerprint density at radius 2 is 1.81 bits per heavy atom. The summed E-state index contributed by atoms with van der Waals surface area (Å²) in [5, 5.41) is 9.61. The Labute approximate surface area is 125 Å². The van der Waals surface area contributed by atoms with E-state index in [1.54, 1.807) is 28.2 Å². The largest absolute Gasteiger partial charge is 0.478 e. The number of rotatable bonds is 4. The van der Waals surface area contributed by atoms with Crippen molar-refractivity contribution < 1.29 is 9.90 Å². The third-order valence-corrected chi connectivity index (χ3v) is 4.48. The van der Waals surface area contributed by atoms with Crippen molar-refractivity contribution in [3.8, 4) is 0 Å². The number of aromatic nitrogens is 1. The molecular formula is C16H13NO3S. The second kappa shape index (κ2) is 5.54. The molecule has 0 atom stereocenters. The quantitative estimate of drug-likeness (QED) is 0.805. The topological polar surface area (TPSA) is 59.3 Å². The van der Waals surface area contributed by atoms with Gasteiger partial charge in [0.05, 0.1) is 15.6 Å². The summed E-state index contributed by atoms with van der Waals surface area (Å²) in [5.41, 5.74) is 1.33. The molecule has 1 aromatic heterocycles. The molecule has 0 saturated heterocycles. The molecule has 0 saturated carbocycles. The van der Waals surface area contributed by atoms with E-state index in [-0.39, 0.29) is 11.1 Å². The zero-order valence-electron chi connectivity index (χ0n) is 11.2. The second-order valence-electron chi connectivity index (χ2n) is 4.75. The van der Waals surface area contributed by atoms with Gasteiger partial charge in [-0.15, -0.1) is 0 Å². The van der Waals surface area contributed by atoms with Crippen LogP contribution in [0.25, 0.3) is 10.1 Å². The molecule has 21 heavy (non-hydrogen) atoms. The smallest absolute Gasteiger partial charge is 0.335 e. The van der Waals surface area contributed by atoms with Gasteiger partial charge in [0, 0.05) is 6.54 Å². The Morgan fingerprint density at radius 1 is 1.10 bits per heavy atom. The number of carboxylic acid groups (broad SMARTS) is 1. The van der Waals surface area contributed by atoms with E-state index >= 15 is 0 Å². The number of carboxylic acids is 1. The standard InChI is InChI=1S/C16H13NO3S/c18-15-13-3-1-2-4-14(13)21-17(15)10-9-11-5-7-12(8-6-11)16(19)20/h1-8H,9-10H2,(H,19,20). The van der Waals surface area contributed by atoms with Crippen molar-refractivity contribution in [3.05, 3.63) is 70.0 Å². The number of hydrogen-bond acceptors (Lipinski definition) is 3. The summed E-state index contributed by atoms with van der Waals surface area (Å²) in [7, 11) is 0. The molecule has 2 aromatic carbocycles. The van der Waals surface area contributed by atoms with Crippen LogP contribution in [0.4, 0.5) is 0 Å². The molecule has 1 heterocycles. The summed E-state index contributed by atoms with van der Waals surface area (Å²) in [5.74, 6) is -0.928. The highest BCUT2D eigenvalue weighted by atomic mass is 32.1. The molecule has 0 aliphatic carbocycles. The summed E-state index contributed by atoms with van der Waals surface area (Å²) in [6.07, 6.45) is 0.701. The van der Waals surface area contributed by atoms with Crippen LogP contribution in [-0.4, -0.2) is 15.0 Å². The SMILES string of the molecule is O=C(O)c1ccc(CCn2sc3ccccc3c2=O)cc1. The molecule has 3 rings (SSSR count). The zero-order chi connectivity index (χ0) is 14.8. The van der Waals surface area contributed by atoms with Crippen LogP contribution in [0.5, 0.6) is 0 Å². The lowest BCUT2D eigenvalue weighted by Crippen LogP contribution is -2.14. The van der Waals surface area contributed by atoms with E-state index < -0.39 is 5.97 Å². The van der Waals surface area contributed by atoms with Gasteiger partial charge in [-0.2, -0.15) is 0 Å². The molecule has 5 heteroatoms. The van der Waals surface area contributed by atoms with Crippen LogP contribution in [0.2, 0.25) is 0 Å². The molecule has 1 N–H and O–H groups in total. The highest BCUT2D eigenvalue weighted by Crippen LogP contribution is 2.16. The van der Waals surface area contributed by atoms with E-state index in [0.717, 1.165) is 15.6 Å². The molecule has 106 valence electrons. The molecule has 0 spiro atoms. The maximum absolute atomic E-state index is 12.2. The van der Waals surface area contributed by atoms with E-state index in [0.29, 0.717) is 13.0 Å². The Morgan fingerprint density at radius 3 is 2.48 bits per heavy atom. The lowest BCUT2D eigenvalue weighted by atomic mass is 10.1. The molecule has 0 aliphatic heterocycles. The van der Waals surface area contributed by atoms with Crippen molar-refractivity contribution in [2.75, 3.05) is 0 Å². The Kier molecular flexibility index (Phi) is 3.58. The van der Waals surface area contributed by atoms with Crippen molar-refractivity contribution in [3.63, 3.8) is 0 Å². The number of aryl methyl sites for hydroxylation is 2. The first kappa shape index (κ1) is 13.6. The van der Waals surface area contributed by atoms with Gasteiger partial charge in [-0.3, -0.25) is 8.75 Å². The fraction of sp³-hybridized carbons (Fsp3) is 0.125. The number of carbonyl (C=O) groups is 1. The molecule has 3 aromatic rings. The molecule has 0 fully saturated rings. The van der Waals surface area contributed by atoms with E-state index in [4.69, 9.17) is 5.11 Å². The molecule has 0 amide bonds. The van der Waals surface area contributed by atoms with E-state index in [9.17, 15) is 9.59 Å². The van der Waals surface area contributed by atoms with Crippen LogP contribution in [0, 0.1) is 0 Å². The fourth-order valence-electron chi connectivity index (χ4n) is 2.21. The monoisotopic (exact) mass is 299 g/mol. The number of aromatic carboxylic acids is 1. The molecule has 0 unspecified atom stereocenters. The Bertz CT molecular complexity index is 846. The fourth-order valence-corrected chi connectivity index (χ4v) is 3.20. The van der Waals surface area contributed by atoms with Crippen LogP contribution in [0.3, 0.4) is 0 Å². The maximum atomic E-state index is 12.2. The molecule has 0 bridgehead atoms. The van der Waals surface area contributed by atoms with Gasteiger partial charge >= 0.3 is 5.97 Å². The van der Waals surface area contributed by atoms with Crippen molar-refractivity contribution >= 4 is 27.6 Å². The molecule has 4 nitrogen and oxygen atoms in total. The first-order valence-corrected chi connectivity index (χ1v) is 7.33. The summed E-state index contributed by atoms with van der Waals surface area (Å²) >= 11 is 1.46. The minimum Gasteiger partial charge on any atom is -0.478 e. The van der Waals surface area contributed by atoms with Gasteiger partial charge in [0.15, 0.2) is 0 Å². The van der Waals surface area contributed by atoms with Gasteiger partial charge in [0.2, 0.25) is 0 Å². The third kappa shape index (κ3) is 2.73. The van der Waals surface area contributed by atoms with Crippen molar-refractivity contribution in [1.82, 2.24) is 3.96 Å². The van der Waals surface area contributed by atoms with Crippen molar-refractivity contribution in [1.29, 1.82) is 0 Å². The third-order valence-electron chi connectivity index (χ3n) is 3.36. The molecule has 0 aliphatic rings. The molecular weight excluding hydrogens is 286 g/mol. The average molecular weight is 299 g/mol. The number of fused-ring (bicyclic) bond motifs is 1. The summed E-state index contributed by atoms with van der Waals surface area (Å²) < 4.78 is 2.74. The first-order valence-electron chi connectivity index (χ1n) is 6.56. The lowest BCUT2D eigenvalue weighted by Gasteiger charge is -2.02. The first-order chi connectivity index (χ1) is 10.1. The van der Waals surface area contributed by atoms with Gasteiger partial charge in [0.1, 0.15) is 0 Å². The van der Waals surface area contributed by atoms with E-state index in [2.05, 4.69) is 0 Å². The van der Waals surface area contributed by atoms with Crippen molar-refractivity contribution in [2.24, 2.45) is 0 Å². The highest BCUT2D eigenvalue weighted by molar-refractivity contribution is 7.13. The van der Waals surface area contributed by atoms with E-state index in [1.807, 2.05) is 24.3 Å². The van der Waals surface area contributed by atoms with Crippen LogP contribution >= 0.6 is 11.5 Å². The van der Waals surface area contributed by atoms with Gasteiger partial charge in [-0.25, -0.2) is 4.79 Å².